The summed E-state index contributed by atoms with van der Waals surface area (Å²) >= 11 is 5.76. The molecule has 0 atom stereocenters. The van der Waals surface area contributed by atoms with Crippen LogP contribution in [0.25, 0.3) is 11.9 Å². The molecule has 244 valence electrons. The van der Waals surface area contributed by atoms with Gasteiger partial charge in [0.2, 0.25) is 11.8 Å². The average molecular weight is 651 g/mol. The Hall–Kier alpha value is -3.65. The number of alkyl halides is 4. The maximum atomic E-state index is 13.2. The molecule has 0 aromatic carbocycles. The van der Waals surface area contributed by atoms with Crippen LogP contribution in [0.2, 0.25) is 5.15 Å². The quantitative estimate of drug-likeness (QED) is 0.184. The Balaban J connectivity index is 0.000000171. The number of aromatic nitrogens is 8. The second kappa shape index (κ2) is 14.6. The first kappa shape index (κ1) is 34.2. The van der Waals surface area contributed by atoms with E-state index in [1.165, 1.54) is 0 Å². The van der Waals surface area contributed by atoms with E-state index in [1.807, 2.05) is 39.8 Å². The van der Waals surface area contributed by atoms with Gasteiger partial charge in [-0.1, -0.05) is 11.6 Å². The van der Waals surface area contributed by atoms with Gasteiger partial charge in [0.05, 0.1) is 11.4 Å². The number of nitrogens with one attached hydrogen (secondary N) is 1. The van der Waals surface area contributed by atoms with Crippen molar-refractivity contribution in [1.82, 2.24) is 39.5 Å². The van der Waals surface area contributed by atoms with E-state index in [9.17, 15) is 17.6 Å². The van der Waals surface area contributed by atoms with Crippen molar-refractivity contribution in [2.75, 3.05) is 5.32 Å². The summed E-state index contributed by atoms with van der Waals surface area (Å²) in [4.78, 5) is 16.8. The number of halogens is 5. The van der Waals surface area contributed by atoms with Gasteiger partial charge in [-0.25, -0.2) is 36.9 Å². The standard InChI is InChI=1S/C15H19F2N5.C9H9ClN4.C6H11F2N/c1-10-9-11(2)22(21-10)14-18-8-5-13(20-14)19-12-3-6-15(16,17)7-4-12;1-6-5-7(2)14(13-6)9-11-4-3-8(10)12-9;7-6(8)3-1-5(9)2-4-6/h5,8-9,12H,3-4,6-7H2,1-2H3,(H,18,19,20);3-5H,1-2H3;5H,1-4,9H2. The van der Waals surface area contributed by atoms with Crippen LogP contribution >= 0.6 is 11.6 Å². The molecule has 0 amide bonds. The van der Waals surface area contributed by atoms with E-state index in [0.717, 1.165) is 22.8 Å². The Morgan fingerprint density at radius 3 is 1.67 bits per heavy atom. The number of hydrogen-bond donors (Lipinski definition) is 2. The average Bonchev–Trinajstić information content (AvgIpc) is 3.51. The number of nitrogens with two attached hydrogens (primary N) is 1. The summed E-state index contributed by atoms with van der Waals surface area (Å²) in [6.07, 6.45) is 4.95. The number of anilines is 1. The summed E-state index contributed by atoms with van der Waals surface area (Å²) in [5.74, 6) is -3.30. The van der Waals surface area contributed by atoms with E-state index in [-0.39, 0.29) is 37.8 Å². The minimum absolute atomic E-state index is 0.0182. The lowest BCUT2D eigenvalue weighted by Crippen LogP contribution is -2.32. The first-order valence-electron chi connectivity index (χ1n) is 14.9. The molecule has 4 aromatic rings. The summed E-state index contributed by atoms with van der Waals surface area (Å²) < 4.78 is 54.4. The number of aryl methyl sites for hydroxylation is 4. The highest BCUT2D eigenvalue weighted by Crippen LogP contribution is 2.34. The van der Waals surface area contributed by atoms with Gasteiger partial charge in [-0.2, -0.15) is 20.2 Å². The summed E-state index contributed by atoms with van der Waals surface area (Å²) in [6.45, 7) is 7.72. The molecule has 15 heteroatoms. The molecule has 4 aromatic heterocycles. The van der Waals surface area contributed by atoms with Crippen LogP contribution in [-0.4, -0.2) is 63.4 Å². The lowest BCUT2D eigenvalue weighted by molar-refractivity contribution is -0.0377. The smallest absolute Gasteiger partial charge is 0.252 e. The van der Waals surface area contributed by atoms with Crippen LogP contribution in [0.15, 0.2) is 36.7 Å². The molecular weight excluding hydrogens is 612 g/mol. The van der Waals surface area contributed by atoms with Gasteiger partial charge in [-0.05, 0) is 77.6 Å². The molecule has 2 saturated carbocycles. The fraction of sp³-hybridized carbons (Fsp3) is 0.533. The van der Waals surface area contributed by atoms with Crippen molar-refractivity contribution in [1.29, 1.82) is 0 Å². The third-order valence-corrected chi connectivity index (χ3v) is 7.69. The molecule has 3 N–H and O–H groups in total. The molecule has 0 radical (unpaired) electrons. The number of nitrogens with zero attached hydrogens (tertiary/aromatic N) is 8. The van der Waals surface area contributed by atoms with Crippen molar-refractivity contribution in [3.8, 4) is 11.9 Å². The Morgan fingerprint density at radius 2 is 1.22 bits per heavy atom. The van der Waals surface area contributed by atoms with Gasteiger partial charge >= 0.3 is 0 Å². The first-order chi connectivity index (χ1) is 21.2. The van der Waals surface area contributed by atoms with Crippen LogP contribution < -0.4 is 11.1 Å². The van der Waals surface area contributed by atoms with Gasteiger partial charge in [0.25, 0.3) is 11.9 Å². The molecule has 0 unspecified atom stereocenters. The molecule has 45 heavy (non-hydrogen) atoms. The van der Waals surface area contributed by atoms with E-state index in [4.69, 9.17) is 17.3 Å². The number of rotatable bonds is 4. The topological polar surface area (TPSA) is 125 Å². The molecule has 0 spiro atoms. The van der Waals surface area contributed by atoms with Crippen molar-refractivity contribution in [3.63, 3.8) is 0 Å². The lowest BCUT2D eigenvalue weighted by atomic mass is 9.92. The molecule has 6 rings (SSSR count). The summed E-state index contributed by atoms with van der Waals surface area (Å²) in [6, 6.07) is 7.35. The van der Waals surface area contributed by atoms with Crippen molar-refractivity contribution in [2.24, 2.45) is 5.73 Å². The molecule has 0 saturated heterocycles. The molecule has 0 aliphatic heterocycles. The van der Waals surface area contributed by atoms with Crippen LogP contribution in [0.5, 0.6) is 0 Å². The zero-order chi connectivity index (χ0) is 32.8. The summed E-state index contributed by atoms with van der Waals surface area (Å²) in [5, 5.41) is 12.3. The monoisotopic (exact) mass is 650 g/mol. The third kappa shape index (κ3) is 10.2. The van der Waals surface area contributed by atoms with E-state index in [2.05, 4.69) is 35.5 Å². The highest BCUT2D eigenvalue weighted by molar-refractivity contribution is 6.29. The van der Waals surface area contributed by atoms with E-state index >= 15 is 0 Å². The SMILES string of the molecule is Cc1cc(C)n(-c2nccc(Cl)n2)n1.Cc1cc(C)n(-c2nccc(NC3CCC(F)(F)CC3)n2)n1.NC1CCC(F)(F)CC1. The molecule has 2 aliphatic rings. The normalized spacial score (nSPS) is 17.9. The van der Waals surface area contributed by atoms with Gasteiger partial charge in [0.15, 0.2) is 0 Å². The fourth-order valence-electron chi connectivity index (χ4n) is 5.08. The van der Waals surface area contributed by atoms with Crippen LogP contribution in [0.3, 0.4) is 0 Å². The van der Waals surface area contributed by atoms with Crippen molar-refractivity contribution < 1.29 is 17.6 Å². The molecule has 4 heterocycles. The van der Waals surface area contributed by atoms with E-state index in [1.54, 1.807) is 33.9 Å². The van der Waals surface area contributed by atoms with Gasteiger partial charge in [-0.15, -0.1) is 0 Å². The Bertz CT molecular complexity index is 1540. The largest absolute Gasteiger partial charge is 0.367 e. The van der Waals surface area contributed by atoms with Gasteiger partial charge in [-0.3, -0.25) is 0 Å². The van der Waals surface area contributed by atoms with Gasteiger partial charge in [0.1, 0.15) is 11.0 Å². The van der Waals surface area contributed by atoms with Crippen molar-refractivity contribution in [2.45, 2.75) is 103 Å². The Morgan fingerprint density at radius 1 is 0.756 bits per heavy atom. The minimum Gasteiger partial charge on any atom is -0.367 e. The summed E-state index contributed by atoms with van der Waals surface area (Å²) in [7, 11) is 0. The van der Waals surface area contributed by atoms with Crippen LogP contribution in [0, 0.1) is 27.7 Å². The highest BCUT2D eigenvalue weighted by atomic mass is 35.5. The second-order valence-electron chi connectivity index (χ2n) is 11.6. The summed E-state index contributed by atoms with van der Waals surface area (Å²) in [5.41, 5.74) is 9.20. The molecule has 0 bridgehead atoms. The van der Waals surface area contributed by atoms with Crippen LogP contribution in [0.1, 0.15) is 74.1 Å². The van der Waals surface area contributed by atoms with Crippen molar-refractivity contribution in [3.05, 3.63) is 64.6 Å². The van der Waals surface area contributed by atoms with Gasteiger partial charge < -0.3 is 11.1 Å². The van der Waals surface area contributed by atoms with Crippen LogP contribution in [-0.2, 0) is 0 Å². The zero-order valence-corrected chi connectivity index (χ0v) is 26.6. The Labute approximate surface area is 264 Å². The van der Waals surface area contributed by atoms with Crippen molar-refractivity contribution >= 4 is 17.4 Å². The fourth-order valence-corrected chi connectivity index (χ4v) is 5.21. The Kier molecular flexibility index (Phi) is 11.1. The number of hydrogen-bond acceptors (Lipinski definition) is 8. The van der Waals surface area contributed by atoms with Crippen LogP contribution in [0.4, 0.5) is 23.4 Å². The molecule has 2 fully saturated rings. The maximum absolute atomic E-state index is 13.2. The molecule has 2 aliphatic carbocycles. The minimum atomic E-state index is -2.52. The predicted molar refractivity (Wildman–Crippen MR) is 164 cm³/mol. The zero-order valence-electron chi connectivity index (χ0n) is 25.8. The van der Waals surface area contributed by atoms with E-state index in [0.29, 0.717) is 48.6 Å². The molecular formula is C30H39ClF4N10. The highest BCUT2D eigenvalue weighted by Gasteiger charge is 2.35. The maximum Gasteiger partial charge on any atom is 0.252 e. The second-order valence-corrected chi connectivity index (χ2v) is 12.0. The van der Waals surface area contributed by atoms with E-state index < -0.39 is 11.8 Å². The molecule has 10 nitrogen and oxygen atoms in total. The predicted octanol–water partition coefficient (Wildman–Crippen LogP) is 6.72. The first-order valence-corrected chi connectivity index (χ1v) is 15.2. The third-order valence-electron chi connectivity index (χ3n) is 7.48. The van der Waals surface area contributed by atoms with Gasteiger partial charge in [0, 0.05) is 61.5 Å². The lowest BCUT2D eigenvalue weighted by Gasteiger charge is -2.29.